The summed E-state index contributed by atoms with van der Waals surface area (Å²) >= 11 is 0. The Hall–Kier alpha value is -2.56. The van der Waals surface area contributed by atoms with E-state index in [-0.39, 0.29) is 17.6 Å². The summed E-state index contributed by atoms with van der Waals surface area (Å²) in [6.45, 7) is 0. The number of hydrogen-bond donors (Lipinski definition) is 2. The van der Waals surface area contributed by atoms with Crippen LogP contribution in [-0.4, -0.2) is 29.2 Å². The molecule has 5 heteroatoms. The summed E-state index contributed by atoms with van der Waals surface area (Å²) in [5.41, 5.74) is 2.56. The van der Waals surface area contributed by atoms with E-state index in [1.165, 1.54) is 0 Å². The molecule has 0 spiro atoms. The van der Waals surface area contributed by atoms with E-state index in [1.807, 2.05) is 36.2 Å². The zero-order valence-corrected chi connectivity index (χ0v) is 10.8. The van der Waals surface area contributed by atoms with Gasteiger partial charge in [-0.15, -0.1) is 0 Å². The number of fused-ring (bicyclic) bond motifs is 3. The van der Waals surface area contributed by atoms with Gasteiger partial charge in [-0.25, -0.2) is 9.59 Å². The van der Waals surface area contributed by atoms with Crippen LogP contribution in [0.5, 0.6) is 0 Å². The van der Waals surface area contributed by atoms with Gasteiger partial charge in [0.05, 0.1) is 17.1 Å². The van der Waals surface area contributed by atoms with E-state index < -0.39 is 17.9 Å². The highest BCUT2D eigenvalue weighted by molar-refractivity contribution is 6.02. The molecule has 0 aromatic heterocycles. The smallest absolute Gasteiger partial charge is 0.333 e. The van der Waals surface area contributed by atoms with Crippen molar-refractivity contribution in [2.45, 2.75) is 12.3 Å². The molecule has 20 heavy (non-hydrogen) atoms. The van der Waals surface area contributed by atoms with Crippen molar-refractivity contribution in [2.24, 2.45) is 0 Å². The van der Waals surface area contributed by atoms with Gasteiger partial charge in [0.15, 0.2) is 0 Å². The third-order valence-electron chi connectivity index (χ3n) is 3.91. The quantitative estimate of drug-likeness (QED) is 0.860. The molecule has 1 heterocycles. The van der Waals surface area contributed by atoms with Crippen LogP contribution in [0.3, 0.4) is 0 Å². The lowest BCUT2D eigenvalue weighted by Gasteiger charge is -2.24. The number of aliphatic carboxylic acids is 2. The summed E-state index contributed by atoms with van der Waals surface area (Å²) in [4.78, 5) is 24.8. The number of likely N-dealkylation sites (N-methyl/N-ethyl adjacent to an activating group) is 1. The molecule has 0 saturated carbocycles. The highest BCUT2D eigenvalue weighted by Crippen LogP contribution is 2.49. The Kier molecular flexibility index (Phi) is 2.64. The summed E-state index contributed by atoms with van der Waals surface area (Å²) in [6, 6.07) is 7.49. The van der Waals surface area contributed by atoms with Crippen molar-refractivity contribution in [1.29, 1.82) is 0 Å². The molecule has 1 aliphatic heterocycles. The highest BCUT2D eigenvalue weighted by Gasteiger charge is 2.41. The van der Waals surface area contributed by atoms with Crippen LogP contribution >= 0.6 is 0 Å². The summed E-state index contributed by atoms with van der Waals surface area (Å²) in [5, 5.41) is 18.7. The Morgan fingerprint density at radius 2 is 1.90 bits per heavy atom. The number of carboxylic acids is 2. The lowest BCUT2D eigenvalue weighted by atomic mass is 9.82. The zero-order chi connectivity index (χ0) is 14.4. The number of anilines is 1. The molecular formula is C15H13NO4. The topological polar surface area (TPSA) is 77.8 Å². The summed E-state index contributed by atoms with van der Waals surface area (Å²) in [7, 11) is 1.87. The summed E-state index contributed by atoms with van der Waals surface area (Å²) in [5.74, 6) is -2.82. The van der Waals surface area contributed by atoms with Gasteiger partial charge in [-0.3, -0.25) is 0 Å². The Morgan fingerprint density at radius 1 is 1.20 bits per heavy atom. The molecular weight excluding hydrogens is 258 g/mol. The van der Waals surface area contributed by atoms with Gasteiger partial charge in [0.25, 0.3) is 0 Å². The molecule has 0 bridgehead atoms. The molecule has 1 atom stereocenters. The minimum Gasteiger partial charge on any atom is -0.478 e. The third-order valence-corrected chi connectivity index (χ3v) is 3.91. The van der Waals surface area contributed by atoms with E-state index in [0.29, 0.717) is 0 Å². The average Bonchev–Trinajstić information content (AvgIpc) is 2.72. The van der Waals surface area contributed by atoms with Gasteiger partial charge in [-0.1, -0.05) is 24.3 Å². The lowest BCUT2D eigenvalue weighted by molar-refractivity contribution is -0.136. The number of allylic oxidation sites excluding steroid dienone is 2. The molecule has 1 unspecified atom stereocenters. The molecule has 3 rings (SSSR count). The second-order valence-electron chi connectivity index (χ2n) is 4.89. The number of benzene rings is 1. The van der Waals surface area contributed by atoms with Gasteiger partial charge in [0.2, 0.25) is 0 Å². The molecule has 102 valence electrons. The Labute approximate surface area is 115 Å². The molecule has 0 amide bonds. The van der Waals surface area contributed by atoms with E-state index in [1.54, 1.807) is 6.08 Å². The second kappa shape index (κ2) is 4.23. The molecule has 0 radical (unpaired) electrons. The molecule has 2 aliphatic rings. The SMILES string of the molecule is CN1C2=CCC(C(=O)O)=C(C(=O)O)C2c2ccccc21. The molecule has 5 nitrogen and oxygen atoms in total. The number of hydrogen-bond acceptors (Lipinski definition) is 3. The van der Waals surface area contributed by atoms with Crippen LogP contribution in [0.1, 0.15) is 17.9 Å². The predicted molar refractivity (Wildman–Crippen MR) is 72.6 cm³/mol. The first-order valence-corrected chi connectivity index (χ1v) is 6.24. The van der Waals surface area contributed by atoms with Crippen LogP contribution < -0.4 is 4.90 Å². The van der Waals surface area contributed by atoms with Crippen molar-refractivity contribution >= 4 is 17.6 Å². The number of carboxylic acid groups (broad SMARTS) is 2. The first-order chi connectivity index (χ1) is 9.52. The first kappa shape index (κ1) is 12.5. The number of nitrogens with zero attached hydrogens (tertiary/aromatic N) is 1. The van der Waals surface area contributed by atoms with Gasteiger partial charge >= 0.3 is 11.9 Å². The monoisotopic (exact) mass is 271 g/mol. The highest BCUT2D eigenvalue weighted by atomic mass is 16.4. The van der Waals surface area contributed by atoms with E-state index in [9.17, 15) is 19.8 Å². The van der Waals surface area contributed by atoms with Crippen molar-refractivity contribution in [3.63, 3.8) is 0 Å². The molecule has 1 aliphatic carbocycles. The van der Waals surface area contributed by atoms with E-state index >= 15 is 0 Å². The molecule has 1 aromatic rings. The molecule has 1 aromatic carbocycles. The van der Waals surface area contributed by atoms with Crippen LogP contribution in [0.15, 0.2) is 47.2 Å². The largest absolute Gasteiger partial charge is 0.478 e. The minimum atomic E-state index is -1.16. The minimum absolute atomic E-state index is 0.0215. The van der Waals surface area contributed by atoms with Crippen molar-refractivity contribution in [3.05, 3.63) is 52.7 Å². The van der Waals surface area contributed by atoms with Crippen LogP contribution in [0.25, 0.3) is 0 Å². The van der Waals surface area contributed by atoms with Crippen LogP contribution in [0.4, 0.5) is 5.69 Å². The van der Waals surface area contributed by atoms with Crippen LogP contribution in [-0.2, 0) is 9.59 Å². The number of rotatable bonds is 2. The first-order valence-electron chi connectivity index (χ1n) is 6.24. The van der Waals surface area contributed by atoms with Gasteiger partial charge < -0.3 is 15.1 Å². The van der Waals surface area contributed by atoms with Crippen LogP contribution in [0, 0.1) is 0 Å². The van der Waals surface area contributed by atoms with Crippen LogP contribution in [0.2, 0.25) is 0 Å². The van der Waals surface area contributed by atoms with E-state index in [4.69, 9.17) is 0 Å². The predicted octanol–water partition coefficient (Wildman–Crippen LogP) is 1.97. The van der Waals surface area contributed by atoms with Crippen molar-refractivity contribution < 1.29 is 19.8 Å². The van der Waals surface area contributed by atoms with Crippen molar-refractivity contribution in [2.75, 3.05) is 11.9 Å². The van der Waals surface area contributed by atoms with Crippen molar-refractivity contribution in [3.8, 4) is 0 Å². The number of carbonyl (C=O) groups is 2. The van der Waals surface area contributed by atoms with Gasteiger partial charge in [-0.05, 0) is 11.6 Å². The maximum absolute atomic E-state index is 11.6. The fraction of sp³-hybridized carbons (Fsp3) is 0.200. The maximum atomic E-state index is 11.6. The molecule has 0 saturated heterocycles. The summed E-state index contributed by atoms with van der Waals surface area (Å²) < 4.78 is 0. The van der Waals surface area contributed by atoms with Crippen molar-refractivity contribution in [1.82, 2.24) is 0 Å². The van der Waals surface area contributed by atoms with Gasteiger partial charge in [0.1, 0.15) is 0 Å². The second-order valence-corrected chi connectivity index (χ2v) is 4.89. The fourth-order valence-corrected chi connectivity index (χ4v) is 3.03. The Balaban J connectivity index is 2.25. The van der Waals surface area contributed by atoms with Gasteiger partial charge in [0, 0.05) is 24.9 Å². The lowest BCUT2D eigenvalue weighted by Crippen LogP contribution is -2.24. The zero-order valence-electron chi connectivity index (χ0n) is 10.8. The fourth-order valence-electron chi connectivity index (χ4n) is 3.03. The normalized spacial score (nSPS) is 20.4. The Morgan fingerprint density at radius 3 is 2.55 bits per heavy atom. The third kappa shape index (κ3) is 1.56. The van der Waals surface area contributed by atoms with E-state index in [0.717, 1.165) is 16.9 Å². The van der Waals surface area contributed by atoms with Gasteiger partial charge in [-0.2, -0.15) is 0 Å². The molecule has 0 fully saturated rings. The number of para-hydroxylation sites is 1. The maximum Gasteiger partial charge on any atom is 0.333 e. The van der Waals surface area contributed by atoms with E-state index in [2.05, 4.69) is 0 Å². The summed E-state index contributed by atoms with van der Waals surface area (Å²) in [6.07, 6.45) is 1.95. The molecule has 2 N–H and O–H groups in total. The standard InChI is InChI=1S/C15H13NO4/c1-16-10-5-3-2-4-8(10)12-11(16)7-6-9(14(17)18)13(12)15(19)20/h2-5,7,12H,6H2,1H3,(H,17,18)(H,19,20). The average molecular weight is 271 g/mol. The Bertz CT molecular complexity index is 687.